The summed E-state index contributed by atoms with van der Waals surface area (Å²) >= 11 is 0. The summed E-state index contributed by atoms with van der Waals surface area (Å²) in [7, 11) is 0. The van der Waals surface area contributed by atoms with Crippen molar-refractivity contribution >= 4 is 17.8 Å². The monoisotopic (exact) mass is 451 g/mol. The Hall–Kier alpha value is -2.28. The van der Waals surface area contributed by atoms with Crippen molar-refractivity contribution in [2.75, 3.05) is 44.2 Å². The molecule has 1 aromatic heterocycles. The number of anilines is 1. The fourth-order valence-electron chi connectivity index (χ4n) is 6.76. The molecule has 1 aromatic rings. The molecular weight excluding hydrogens is 414 g/mol. The fourth-order valence-corrected chi connectivity index (χ4v) is 6.76. The molecule has 2 bridgehead atoms. The van der Waals surface area contributed by atoms with Crippen LogP contribution >= 0.6 is 0 Å². The van der Waals surface area contributed by atoms with Gasteiger partial charge >= 0.3 is 0 Å². The molecule has 2 amide bonds. The zero-order valence-electron chi connectivity index (χ0n) is 20.2. The molecule has 3 heterocycles. The molecule has 5 atom stereocenters. The molecule has 178 valence electrons. The third kappa shape index (κ3) is 4.09. The van der Waals surface area contributed by atoms with E-state index in [1.807, 2.05) is 6.07 Å². The summed E-state index contributed by atoms with van der Waals surface area (Å²) in [6.07, 6.45) is 8.86. The molecule has 33 heavy (non-hydrogen) atoms. The molecule has 0 N–H and O–H groups in total. The first kappa shape index (κ1) is 22.5. The second kappa shape index (κ2) is 9.16. The molecule has 0 spiro atoms. The predicted molar refractivity (Wildman–Crippen MR) is 127 cm³/mol. The van der Waals surface area contributed by atoms with Crippen molar-refractivity contribution in [3.63, 3.8) is 0 Å². The van der Waals surface area contributed by atoms with Crippen LogP contribution in [0.3, 0.4) is 0 Å². The summed E-state index contributed by atoms with van der Waals surface area (Å²) in [5, 5.41) is 0. The van der Waals surface area contributed by atoms with Crippen LogP contribution in [0.1, 0.15) is 40.0 Å². The minimum absolute atomic E-state index is 0.101. The lowest BCUT2D eigenvalue weighted by atomic mass is 9.54. The number of carbonyl (C=O) groups is 2. The van der Waals surface area contributed by atoms with Crippen LogP contribution in [-0.2, 0) is 9.59 Å². The number of unbranched alkanes of at least 4 members (excludes halogenated alkanes) is 1. The smallest absolute Gasteiger partial charge is 0.233 e. The molecule has 0 aromatic carbocycles. The van der Waals surface area contributed by atoms with Crippen molar-refractivity contribution in [1.29, 1.82) is 0 Å². The number of nitrogens with zero attached hydrogens (tertiary/aromatic N) is 5. The normalized spacial score (nSPS) is 32.0. The van der Waals surface area contributed by atoms with Gasteiger partial charge < -0.3 is 4.90 Å². The van der Waals surface area contributed by atoms with E-state index in [0.29, 0.717) is 18.4 Å². The maximum Gasteiger partial charge on any atom is 0.233 e. The van der Waals surface area contributed by atoms with Crippen molar-refractivity contribution in [1.82, 2.24) is 19.8 Å². The number of hydrogen-bond acceptors (Lipinski definition) is 6. The van der Waals surface area contributed by atoms with E-state index in [0.717, 1.165) is 57.9 Å². The Morgan fingerprint density at radius 2 is 1.64 bits per heavy atom. The molecular formula is C26H37N5O2. The van der Waals surface area contributed by atoms with Crippen molar-refractivity contribution < 1.29 is 9.59 Å². The lowest BCUT2D eigenvalue weighted by molar-refractivity contribution is -0.140. The highest BCUT2D eigenvalue weighted by atomic mass is 16.2. The van der Waals surface area contributed by atoms with Crippen LogP contribution in [0.25, 0.3) is 0 Å². The van der Waals surface area contributed by atoms with Gasteiger partial charge in [-0.3, -0.25) is 19.4 Å². The van der Waals surface area contributed by atoms with Crippen LogP contribution in [0.4, 0.5) is 5.95 Å². The molecule has 6 rings (SSSR count). The molecule has 3 fully saturated rings. The first-order valence-electron chi connectivity index (χ1n) is 12.7. The number of piperazine rings is 1. The highest BCUT2D eigenvalue weighted by molar-refractivity contribution is 6.06. The Morgan fingerprint density at radius 1 is 0.970 bits per heavy atom. The Balaban J connectivity index is 1.11. The molecule has 3 aliphatic carbocycles. The van der Waals surface area contributed by atoms with E-state index in [1.54, 1.807) is 17.3 Å². The van der Waals surface area contributed by atoms with E-state index in [4.69, 9.17) is 0 Å². The third-order valence-corrected chi connectivity index (χ3v) is 8.57. The molecule has 5 unspecified atom stereocenters. The number of fused-ring (bicyclic) bond motifs is 1. The zero-order chi connectivity index (χ0) is 23.1. The van der Waals surface area contributed by atoms with Gasteiger partial charge in [0, 0.05) is 45.1 Å². The van der Waals surface area contributed by atoms with Crippen molar-refractivity contribution in [2.24, 2.45) is 35.5 Å². The Morgan fingerprint density at radius 3 is 2.33 bits per heavy atom. The summed E-state index contributed by atoms with van der Waals surface area (Å²) in [6.45, 7) is 12.1. The average Bonchev–Trinajstić information content (AvgIpc) is 3.09. The van der Waals surface area contributed by atoms with Crippen LogP contribution in [0, 0.1) is 35.5 Å². The lowest BCUT2D eigenvalue weighted by Gasteiger charge is -2.48. The van der Waals surface area contributed by atoms with E-state index in [1.165, 1.54) is 5.57 Å². The fraction of sp³-hybridized carbons (Fsp3) is 0.692. The molecule has 0 radical (unpaired) electrons. The van der Waals surface area contributed by atoms with Gasteiger partial charge in [0.1, 0.15) is 0 Å². The van der Waals surface area contributed by atoms with Gasteiger partial charge in [0.05, 0.1) is 11.8 Å². The van der Waals surface area contributed by atoms with Gasteiger partial charge in [0.25, 0.3) is 0 Å². The number of imide groups is 1. The molecule has 2 aliphatic heterocycles. The van der Waals surface area contributed by atoms with Gasteiger partial charge in [0.15, 0.2) is 0 Å². The van der Waals surface area contributed by atoms with E-state index >= 15 is 0 Å². The number of likely N-dealkylation sites (tertiary alicyclic amines) is 1. The van der Waals surface area contributed by atoms with Crippen LogP contribution in [0.15, 0.2) is 30.1 Å². The number of amides is 2. The summed E-state index contributed by atoms with van der Waals surface area (Å²) in [5.74, 6) is 2.38. The summed E-state index contributed by atoms with van der Waals surface area (Å²) in [6, 6.07) is 1.84. The van der Waals surface area contributed by atoms with Crippen molar-refractivity contribution in [3.05, 3.63) is 30.1 Å². The summed E-state index contributed by atoms with van der Waals surface area (Å²) < 4.78 is 0. The van der Waals surface area contributed by atoms with Crippen LogP contribution in [0.5, 0.6) is 0 Å². The SMILES string of the molecule is CC1=CC2C(C(C)C)CC1C1C(=O)N(CCCCN3CCN(c4ncccn4)CC3)C(=O)C21. The minimum atomic E-state index is -0.111. The van der Waals surface area contributed by atoms with Gasteiger partial charge in [-0.15, -0.1) is 0 Å². The van der Waals surface area contributed by atoms with Crippen molar-refractivity contribution in [2.45, 2.75) is 40.0 Å². The first-order valence-corrected chi connectivity index (χ1v) is 12.7. The van der Waals surface area contributed by atoms with E-state index < -0.39 is 0 Å². The highest BCUT2D eigenvalue weighted by Gasteiger charge is 2.60. The van der Waals surface area contributed by atoms with Crippen LogP contribution < -0.4 is 4.90 Å². The van der Waals surface area contributed by atoms with Crippen LogP contribution in [0.2, 0.25) is 0 Å². The zero-order valence-corrected chi connectivity index (χ0v) is 20.2. The third-order valence-electron chi connectivity index (χ3n) is 8.57. The van der Waals surface area contributed by atoms with Gasteiger partial charge in [-0.25, -0.2) is 9.97 Å². The maximum absolute atomic E-state index is 13.3. The maximum atomic E-state index is 13.3. The van der Waals surface area contributed by atoms with E-state index in [9.17, 15) is 9.59 Å². The first-order chi connectivity index (χ1) is 16.0. The second-order valence-electron chi connectivity index (χ2n) is 10.7. The van der Waals surface area contributed by atoms with Gasteiger partial charge in [-0.1, -0.05) is 25.5 Å². The molecule has 2 saturated heterocycles. The van der Waals surface area contributed by atoms with Crippen LogP contribution in [-0.4, -0.2) is 70.9 Å². The number of hydrogen-bond donors (Lipinski definition) is 0. The largest absolute Gasteiger partial charge is 0.338 e. The quantitative estimate of drug-likeness (QED) is 0.361. The second-order valence-corrected chi connectivity index (χ2v) is 10.7. The Labute approximate surface area is 197 Å². The molecule has 1 saturated carbocycles. The topological polar surface area (TPSA) is 69.6 Å². The van der Waals surface area contributed by atoms with E-state index in [2.05, 4.69) is 46.6 Å². The Kier molecular flexibility index (Phi) is 6.25. The highest BCUT2D eigenvalue weighted by Crippen LogP contribution is 2.56. The summed E-state index contributed by atoms with van der Waals surface area (Å²) in [5.41, 5.74) is 1.33. The number of carbonyl (C=O) groups excluding carboxylic acids is 2. The molecule has 5 aliphatic rings. The predicted octanol–water partition coefficient (Wildman–Crippen LogP) is 2.85. The Bertz CT molecular complexity index is 909. The lowest BCUT2D eigenvalue weighted by Crippen LogP contribution is -2.47. The molecule has 7 nitrogen and oxygen atoms in total. The number of rotatable bonds is 7. The molecule has 7 heteroatoms. The average molecular weight is 452 g/mol. The van der Waals surface area contributed by atoms with Crippen molar-refractivity contribution in [3.8, 4) is 0 Å². The van der Waals surface area contributed by atoms with Gasteiger partial charge in [-0.2, -0.15) is 0 Å². The van der Waals surface area contributed by atoms with E-state index in [-0.39, 0.29) is 35.5 Å². The minimum Gasteiger partial charge on any atom is -0.338 e. The summed E-state index contributed by atoms with van der Waals surface area (Å²) in [4.78, 5) is 41.6. The standard InChI is InChI=1S/C26H37N5O2/c1-17(2)19-16-20-18(3)15-21(19)23-22(20)24(32)31(25(23)33)10-5-4-9-29-11-13-30(14-12-29)26-27-7-6-8-28-26/h6-8,15,17,19-23H,4-5,9-14,16H2,1-3H3. The van der Waals surface area contributed by atoms with Gasteiger partial charge in [-0.05, 0) is 62.5 Å². The number of allylic oxidation sites excluding steroid dienone is 2. The number of aromatic nitrogens is 2. The van der Waals surface area contributed by atoms with Gasteiger partial charge in [0.2, 0.25) is 17.8 Å².